The van der Waals surface area contributed by atoms with Gasteiger partial charge in [0.05, 0.1) is 16.8 Å². The molecule has 1 aromatic heterocycles. The van der Waals surface area contributed by atoms with Crippen LogP contribution in [0.3, 0.4) is 0 Å². The maximum Gasteiger partial charge on any atom is 0.263 e. The number of sulfonamides is 2. The maximum absolute atomic E-state index is 12.5. The van der Waals surface area contributed by atoms with E-state index in [0.717, 1.165) is 10.6 Å². The van der Waals surface area contributed by atoms with Crippen LogP contribution < -0.4 is 14.3 Å². The Bertz CT molecular complexity index is 1320. The van der Waals surface area contributed by atoms with E-state index >= 15 is 0 Å². The summed E-state index contributed by atoms with van der Waals surface area (Å²) in [5, 5.41) is 2.57. The minimum absolute atomic E-state index is 0.0203. The fourth-order valence-electron chi connectivity index (χ4n) is 2.70. The van der Waals surface area contributed by atoms with Crippen molar-refractivity contribution in [2.45, 2.75) is 4.90 Å². The van der Waals surface area contributed by atoms with Crippen LogP contribution in [0, 0.1) is 0 Å². The van der Waals surface area contributed by atoms with Gasteiger partial charge < -0.3 is 5.32 Å². The molecule has 2 aromatic carbocycles. The van der Waals surface area contributed by atoms with Crippen molar-refractivity contribution >= 4 is 59.1 Å². The van der Waals surface area contributed by atoms with Gasteiger partial charge in [0.25, 0.3) is 10.0 Å². The number of nitrogens with one attached hydrogen (secondary N) is 2. The third kappa shape index (κ3) is 6.28. The molecule has 32 heavy (non-hydrogen) atoms. The highest BCUT2D eigenvalue weighted by molar-refractivity contribution is 9.10. The molecule has 0 atom stereocenters. The van der Waals surface area contributed by atoms with Gasteiger partial charge in [0, 0.05) is 16.4 Å². The Kier molecular flexibility index (Phi) is 7.16. The van der Waals surface area contributed by atoms with E-state index < -0.39 is 32.5 Å². The number of carbonyl (C=O) groups is 1. The lowest BCUT2D eigenvalue weighted by atomic mass is 10.3. The first-order valence-electron chi connectivity index (χ1n) is 9.12. The van der Waals surface area contributed by atoms with Crippen LogP contribution in [0.1, 0.15) is 0 Å². The average Bonchev–Trinajstić information content (AvgIpc) is 2.72. The van der Waals surface area contributed by atoms with Crippen molar-refractivity contribution in [2.75, 3.05) is 27.1 Å². The normalized spacial score (nSPS) is 11.6. The Morgan fingerprint density at radius 3 is 2.31 bits per heavy atom. The van der Waals surface area contributed by atoms with Crippen LogP contribution >= 0.6 is 15.9 Å². The second kappa shape index (κ2) is 9.67. The number of halogens is 1. The zero-order valence-electron chi connectivity index (χ0n) is 16.8. The smallest absolute Gasteiger partial charge is 0.263 e. The monoisotopic (exact) mass is 538 g/mol. The predicted molar refractivity (Wildman–Crippen MR) is 126 cm³/mol. The number of anilines is 3. The lowest BCUT2D eigenvalue weighted by Crippen LogP contribution is -2.37. The van der Waals surface area contributed by atoms with E-state index in [1.165, 1.54) is 36.5 Å². The Hall–Kier alpha value is -2.96. The van der Waals surface area contributed by atoms with Gasteiger partial charge in [-0.2, -0.15) is 0 Å². The van der Waals surface area contributed by atoms with Crippen LogP contribution in [0.25, 0.3) is 0 Å². The van der Waals surface area contributed by atoms with Gasteiger partial charge in [0.15, 0.2) is 0 Å². The summed E-state index contributed by atoms with van der Waals surface area (Å²) in [6.07, 6.45) is 2.47. The Labute approximate surface area is 194 Å². The molecule has 3 rings (SSSR count). The summed E-state index contributed by atoms with van der Waals surface area (Å²) in [6, 6.07) is 16.9. The van der Waals surface area contributed by atoms with E-state index in [1.54, 1.807) is 36.4 Å². The number of nitrogens with zero attached hydrogens (tertiary/aromatic N) is 2. The molecule has 0 unspecified atom stereocenters. The van der Waals surface area contributed by atoms with Crippen molar-refractivity contribution in [1.82, 2.24) is 4.98 Å². The van der Waals surface area contributed by atoms with Crippen LogP contribution in [0.15, 0.2) is 82.3 Å². The van der Waals surface area contributed by atoms with E-state index in [4.69, 9.17) is 0 Å². The quantitative estimate of drug-likeness (QED) is 0.454. The largest absolute Gasteiger partial charge is 0.325 e. The van der Waals surface area contributed by atoms with Gasteiger partial charge in [0.1, 0.15) is 12.4 Å². The van der Waals surface area contributed by atoms with Crippen molar-refractivity contribution in [2.24, 2.45) is 0 Å². The molecule has 12 heteroatoms. The molecule has 0 saturated heterocycles. The molecule has 0 bridgehead atoms. The van der Waals surface area contributed by atoms with Gasteiger partial charge in [0.2, 0.25) is 15.9 Å². The first-order valence-corrected chi connectivity index (χ1v) is 13.2. The highest BCUT2D eigenvalue weighted by Crippen LogP contribution is 2.22. The second-order valence-corrected chi connectivity index (χ2v) is 11.1. The van der Waals surface area contributed by atoms with Gasteiger partial charge in [-0.1, -0.05) is 28.1 Å². The van der Waals surface area contributed by atoms with Crippen LogP contribution in [0.4, 0.5) is 17.2 Å². The molecular formula is C20H19BrN4O5S2. The fraction of sp³-hybridized carbons (Fsp3) is 0.100. The minimum atomic E-state index is -3.85. The SMILES string of the molecule is CS(=O)(=O)N(CC(=O)Nc1ccc(S(=O)(=O)Nc2ccccn2)cc1)c1cccc(Br)c1. The maximum atomic E-state index is 12.5. The van der Waals surface area contributed by atoms with E-state index in [1.807, 2.05) is 0 Å². The van der Waals surface area contributed by atoms with E-state index in [-0.39, 0.29) is 10.7 Å². The summed E-state index contributed by atoms with van der Waals surface area (Å²) in [6.45, 7) is -0.448. The summed E-state index contributed by atoms with van der Waals surface area (Å²) in [5.74, 6) is -0.407. The van der Waals surface area contributed by atoms with Crippen molar-refractivity contribution in [3.05, 3.63) is 77.4 Å². The molecule has 0 radical (unpaired) electrons. The van der Waals surface area contributed by atoms with Crippen molar-refractivity contribution in [1.29, 1.82) is 0 Å². The Morgan fingerprint density at radius 2 is 1.72 bits per heavy atom. The first-order chi connectivity index (χ1) is 15.0. The average molecular weight is 539 g/mol. The van der Waals surface area contributed by atoms with Crippen LogP contribution in [0.2, 0.25) is 0 Å². The molecule has 9 nitrogen and oxygen atoms in total. The second-order valence-electron chi connectivity index (χ2n) is 6.64. The third-order valence-corrected chi connectivity index (χ3v) is 7.14. The summed E-state index contributed by atoms with van der Waals surface area (Å²) < 4.78 is 53.3. The predicted octanol–water partition coefficient (Wildman–Crippen LogP) is 3.05. The van der Waals surface area contributed by atoms with Crippen LogP contribution in [-0.4, -0.2) is 40.5 Å². The summed E-state index contributed by atoms with van der Waals surface area (Å²) in [4.78, 5) is 16.4. The summed E-state index contributed by atoms with van der Waals surface area (Å²) >= 11 is 3.28. The zero-order valence-corrected chi connectivity index (χ0v) is 20.0. The van der Waals surface area contributed by atoms with Gasteiger partial charge in [-0.25, -0.2) is 21.8 Å². The molecule has 0 aliphatic rings. The van der Waals surface area contributed by atoms with Crippen molar-refractivity contribution in [3.8, 4) is 0 Å². The van der Waals surface area contributed by atoms with Crippen molar-refractivity contribution in [3.63, 3.8) is 0 Å². The first kappa shape index (κ1) is 23.7. The Morgan fingerprint density at radius 1 is 1.00 bits per heavy atom. The molecule has 1 heterocycles. The lowest BCUT2D eigenvalue weighted by molar-refractivity contribution is -0.114. The molecular weight excluding hydrogens is 520 g/mol. The molecule has 0 aliphatic heterocycles. The summed E-state index contributed by atoms with van der Waals surface area (Å²) in [5.41, 5.74) is 0.647. The minimum Gasteiger partial charge on any atom is -0.325 e. The van der Waals surface area contributed by atoms with E-state index in [9.17, 15) is 21.6 Å². The van der Waals surface area contributed by atoms with Gasteiger partial charge in [-0.15, -0.1) is 0 Å². The molecule has 2 N–H and O–H groups in total. The Balaban J connectivity index is 1.71. The number of hydrogen-bond acceptors (Lipinski definition) is 6. The summed E-state index contributed by atoms with van der Waals surface area (Å²) in [7, 11) is -7.57. The highest BCUT2D eigenvalue weighted by Gasteiger charge is 2.21. The number of benzene rings is 2. The van der Waals surface area contributed by atoms with Gasteiger partial charge in [-0.3, -0.25) is 13.8 Å². The number of amides is 1. The third-order valence-electron chi connectivity index (χ3n) is 4.14. The topological polar surface area (TPSA) is 126 Å². The number of hydrogen-bond donors (Lipinski definition) is 2. The molecule has 1 amide bonds. The number of pyridine rings is 1. The van der Waals surface area contributed by atoms with Gasteiger partial charge >= 0.3 is 0 Å². The van der Waals surface area contributed by atoms with Crippen molar-refractivity contribution < 1.29 is 21.6 Å². The molecule has 168 valence electrons. The van der Waals surface area contributed by atoms with Gasteiger partial charge in [-0.05, 0) is 54.6 Å². The number of carbonyl (C=O) groups excluding carboxylic acids is 1. The lowest BCUT2D eigenvalue weighted by Gasteiger charge is -2.22. The number of aromatic nitrogens is 1. The van der Waals surface area contributed by atoms with Crippen LogP contribution in [0.5, 0.6) is 0 Å². The molecule has 3 aromatic rings. The molecule has 0 saturated carbocycles. The number of rotatable bonds is 8. The molecule has 0 spiro atoms. The van der Waals surface area contributed by atoms with Crippen LogP contribution in [-0.2, 0) is 24.8 Å². The van der Waals surface area contributed by atoms with E-state index in [0.29, 0.717) is 15.8 Å². The molecule has 0 aliphatic carbocycles. The fourth-order valence-corrected chi connectivity index (χ4v) is 4.94. The highest BCUT2D eigenvalue weighted by atomic mass is 79.9. The standard InChI is InChI=1S/C20H19BrN4O5S2/c1-31(27,28)25(17-6-4-5-15(21)13-17)14-20(26)23-16-8-10-18(11-9-16)32(29,30)24-19-7-2-3-12-22-19/h2-13H,14H2,1H3,(H,22,24)(H,23,26). The van der Waals surface area contributed by atoms with E-state index in [2.05, 4.69) is 31.0 Å². The molecule has 0 fully saturated rings. The zero-order chi connectivity index (χ0) is 23.4.